The lowest BCUT2D eigenvalue weighted by molar-refractivity contribution is 0.0441. The molecular formula is C10H14N2O3. The average molecular weight is 210 g/mol. The third-order valence-corrected chi connectivity index (χ3v) is 2.49. The number of nitrogens with zero attached hydrogens (tertiary/aromatic N) is 2. The summed E-state index contributed by atoms with van der Waals surface area (Å²) in [5.41, 5.74) is 0. The topological polar surface area (TPSA) is 66.6 Å². The number of piperidine rings is 1. The highest BCUT2D eigenvalue weighted by Gasteiger charge is 2.25. The van der Waals surface area contributed by atoms with Gasteiger partial charge in [-0.1, -0.05) is 0 Å². The van der Waals surface area contributed by atoms with E-state index in [1.165, 1.54) is 6.20 Å². The number of aliphatic hydroxyl groups is 1. The van der Waals surface area contributed by atoms with E-state index in [2.05, 4.69) is 4.98 Å². The first-order valence-corrected chi connectivity index (χ1v) is 5.06. The maximum Gasteiger partial charge on any atom is 0.309 e. The first kappa shape index (κ1) is 10.2. The van der Waals surface area contributed by atoms with Crippen molar-refractivity contribution < 1.29 is 14.3 Å². The number of β-amino-alcohol motifs (C(OH)–C–C–N with tert-alkyl or cyclic N) is 1. The minimum Gasteiger partial charge on any atom is -0.438 e. The molecule has 1 atom stereocenters. The van der Waals surface area contributed by atoms with Crippen LogP contribution >= 0.6 is 0 Å². The summed E-state index contributed by atoms with van der Waals surface area (Å²) in [6, 6.07) is 0. The molecular weight excluding hydrogens is 196 g/mol. The van der Waals surface area contributed by atoms with Crippen LogP contribution in [0.25, 0.3) is 0 Å². The van der Waals surface area contributed by atoms with Gasteiger partial charge in [0, 0.05) is 13.1 Å². The molecule has 2 rings (SSSR count). The molecule has 0 aromatic carbocycles. The van der Waals surface area contributed by atoms with Gasteiger partial charge in [0.05, 0.1) is 12.3 Å². The number of amides is 1. The van der Waals surface area contributed by atoms with E-state index in [-0.39, 0.29) is 11.8 Å². The quantitative estimate of drug-likeness (QED) is 0.736. The van der Waals surface area contributed by atoms with Crippen LogP contribution in [0.4, 0.5) is 0 Å². The van der Waals surface area contributed by atoms with Crippen molar-refractivity contribution in [3.05, 3.63) is 17.8 Å². The van der Waals surface area contributed by atoms with E-state index in [0.717, 1.165) is 12.8 Å². The third-order valence-electron chi connectivity index (χ3n) is 2.49. The molecule has 5 nitrogen and oxygen atoms in total. The van der Waals surface area contributed by atoms with E-state index >= 15 is 0 Å². The van der Waals surface area contributed by atoms with Crippen molar-refractivity contribution in [2.24, 2.45) is 0 Å². The molecule has 0 bridgehead atoms. The Kier molecular flexibility index (Phi) is 2.73. The van der Waals surface area contributed by atoms with Gasteiger partial charge in [0.25, 0.3) is 5.89 Å². The van der Waals surface area contributed by atoms with Crippen molar-refractivity contribution in [2.45, 2.75) is 25.9 Å². The maximum atomic E-state index is 11.8. The Bertz CT molecular complexity index is 361. The number of aliphatic hydroxyl groups excluding tert-OH is 1. The lowest BCUT2D eigenvalue weighted by Gasteiger charge is -2.28. The second-order valence-corrected chi connectivity index (χ2v) is 3.82. The molecule has 1 aromatic rings. The Labute approximate surface area is 87.7 Å². The lowest BCUT2D eigenvalue weighted by Crippen LogP contribution is -2.42. The summed E-state index contributed by atoms with van der Waals surface area (Å²) in [5, 5.41) is 9.44. The minimum absolute atomic E-state index is 0.113. The molecule has 0 radical (unpaired) electrons. The van der Waals surface area contributed by atoms with Crippen LogP contribution in [0.5, 0.6) is 0 Å². The van der Waals surface area contributed by atoms with Gasteiger partial charge in [-0.05, 0) is 19.8 Å². The van der Waals surface area contributed by atoms with Gasteiger partial charge in [-0.2, -0.15) is 0 Å². The van der Waals surface area contributed by atoms with Crippen LogP contribution in [-0.2, 0) is 0 Å². The van der Waals surface area contributed by atoms with E-state index in [1.54, 1.807) is 11.8 Å². The molecule has 2 heterocycles. The Morgan fingerprint density at radius 2 is 2.53 bits per heavy atom. The molecule has 1 amide bonds. The smallest absolute Gasteiger partial charge is 0.309 e. The van der Waals surface area contributed by atoms with Crippen molar-refractivity contribution in [3.63, 3.8) is 0 Å². The number of likely N-dealkylation sites (tertiary alicyclic amines) is 1. The molecule has 5 heteroatoms. The van der Waals surface area contributed by atoms with E-state index in [1.807, 2.05) is 0 Å². The summed E-state index contributed by atoms with van der Waals surface area (Å²) in [5.74, 6) is 0.499. The van der Waals surface area contributed by atoms with Crippen molar-refractivity contribution >= 4 is 5.91 Å². The van der Waals surface area contributed by atoms with Gasteiger partial charge in [-0.25, -0.2) is 4.98 Å². The Hall–Kier alpha value is -1.36. The van der Waals surface area contributed by atoms with E-state index in [0.29, 0.717) is 18.8 Å². The molecule has 1 saturated heterocycles. The fraction of sp³-hybridized carbons (Fsp3) is 0.600. The molecule has 1 unspecified atom stereocenters. The van der Waals surface area contributed by atoms with E-state index in [4.69, 9.17) is 4.42 Å². The van der Waals surface area contributed by atoms with Crippen molar-refractivity contribution in [3.8, 4) is 0 Å². The fourth-order valence-corrected chi connectivity index (χ4v) is 1.73. The van der Waals surface area contributed by atoms with Crippen LogP contribution in [0.15, 0.2) is 10.6 Å². The van der Waals surface area contributed by atoms with Gasteiger partial charge >= 0.3 is 5.91 Å². The molecule has 1 aliphatic rings. The van der Waals surface area contributed by atoms with Gasteiger partial charge in [-0.15, -0.1) is 0 Å². The van der Waals surface area contributed by atoms with Crippen LogP contribution in [-0.4, -0.2) is 40.1 Å². The first-order valence-electron chi connectivity index (χ1n) is 5.06. The lowest BCUT2D eigenvalue weighted by atomic mass is 10.1. The molecule has 15 heavy (non-hydrogen) atoms. The predicted molar refractivity (Wildman–Crippen MR) is 52.4 cm³/mol. The summed E-state index contributed by atoms with van der Waals surface area (Å²) in [7, 11) is 0. The molecule has 1 N–H and O–H groups in total. The minimum atomic E-state index is -0.418. The molecule has 1 fully saturated rings. The van der Waals surface area contributed by atoms with Gasteiger partial charge < -0.3 is 14.4 Å². The number of aromatic nitrogens is 1. The summed E-state index contributed by atoms with van der Waals surface area (Å²) in [6.07, 6.45) is 2.69. The van der Waals surface area contributed by atoms with Crippen LogP contribution in [0.2, 0.25) is 0 Å². The fourth-order valence-electron chi connectivity index (χ4n) is 1.73. The van der Waals surface area contributed by atoms with Gasteiger partial charge in [0.2, 0.25) is 0 Å². The zero-order valence-corrected chi connectivity index (χ0v) is 8.64. The second-order valence-electron chi connectivity index (χ2n) is 3.82. The van der Waals surface area contributed by atoms with Crippen molar-refractivity contribution in [1.29, 1.82) is 0 Å². The number of oxazole rings is 1. The largest absolute Gasteiger partial charge is 0.438 e. The summed E-state index contributed by atoms with van der Waals surface area (Å²) < 4.78 is 5.15. The number of hydrogen-bond acceptors (Lipinski definition) is 4. The van der Waals surface area contributed by atoms with E-state index < -0.39 is 6.10 Å². The molecule has 0 spiro atoms. The molecule has 0 saturated carbocycles. The molecule has 82 valence electrons. The van der Waals surface area contributed by atoms with Crippen LogP contribution in [0, 0.1) is 6.92 Å². The summed E-state index contributed by atoms with van der Waals surface area (Å²) >= 11 is 0. The van der Waals surface area contributed by atoms with Crippen molar-refractivity contribution in [1.82, 2.24) is 9.88 Å². The maximum absolute atomic E-state index is 11.8. The Balaban J connectivity index is 2.07. The first-order chi connectivity index (χ1) is 7.16. The SMILES string of the molecule is Cc1cnc(C(=O)N2CCCC(O)C2)o1. The number of carbonyl (C=O) groups is 1. The number of hydrogen-bond donors (Lipinski definition) is 1. The van der Waals surface area contributed by atoms with Crippen LogP contribution in [0.1, 0.15) is 29.3 Å². The molecule has 1 aromatic heterocycles. The third kappa shape index (κ3) is 2.18. The average Bonchev–Trinajstić information content (AvgIpc) is 2.64. The van der Waals surface area contributed by atoms with Crippen molar-refractivity contribution in [2.75, 3.05) is 13.1 Å². The predicted octanol–water partition coefficient (Wildman–Crippen LogP) is 0.580. The molecule has 0 aliphatic carbocycles. The Morgan fingerprint density at radius 3 is 3.13 bits per heavy atom. The van der Waals surface area contributed by atoms with Gasteiger partial charge in [0.1, 0.15) is 5.76 Å². The standard InChI is InChI=1S/C10H14N2O3/c1-7-5-11-9(15-7)10(14)12-4-2-3-8(13)6-12/h5,8,13H,2-4,6H2,1H3. The van der Waals surface area contributed by atoms with Gasteiger partial charge in [-0.3, -0.25) is 4.79 Å². The van der Waals surface area contributed by atoms with Gasteiger partial charge in [0.15, 0.2) is 0 Å². The summed E-state index contributed by atoms with van der Waals surface area (Å²) in [4.78, 5) is 17.3. The monoisotopic (exact) mass is 210 g/mol. The zero-order valence-electron chi connectivity index (χ0n) is 8.64. The van der Waals surface area contributed by atoms with Crippen LogP contribution < -0.4 is 0 Å². The van der Waals surface area contributed by atoms with E-state index in [9.17, 15) is 9.90 Å². The summed E-state index contributed by atoms with van der Waals surface area (Å²) in [6.45, 7) is 2.78. The highest BCUT2D eigenvalue weighted by Crippen LogP contribution is 2.13. The van der Waals surface area contributed by atoms with Crippen LogP contribution in [0.3, 0.4) is 0 Å². The normalized spacial score (nSPS) is 21.7. The zero-order chi connectivity index (χ0) is 10.8. The Morgan fingerprint density at radius 1 is 1.73 bits per heavy atom. The highest BCUT2D eigenvalue weighted by molar-refractivity contribution is 5.89. The number of rotatable bonds is 1. The highest BCUT2D eigenvalue weighted by atomic mass is 16.4. The number of carbonyl (C=O) groups excluding carboxylic acids is 1. The second kappa shape index (κ2) is 4.02. The number of aryl methyl sites for hydroxylation is 1. The molecule has 1 aliphatic heterocycles.